The number of allylic oxidation sites excluding steroid dienone is 2. The molecular weight excluding hydrogens is 244 g/mol. The molecule has 0 aromatic rings. The highest BCUT2D eigenvalue weighted by Crippen LogP contribution is 2.62. The molecular formula is C15H16O4. The summed E-state index contributed by atoms with van der Waals surface area (Å²) in [6.07, 6.45) is 9.33. The second kappa shape index (κ2) is 3.25. The highest BCUT2D eigenvalue weighted by molar-refractivity contribution is 6.02. The maximum Gasteiger partial charge on any atom is 0.183 e. The van der Waals surface area contributed by atoms with Gasteiger partial charge in [-0.25, -0.2) is 0 Å². The third kappa shape index (κ3) is 1.17. The third-order valence-electron chi connectivity index (χ3n) is 5.13. The molecule has 2 aliphatic heterocycles. The fourth-order valence-corrected chi connectivity index (χ4v) is 3.94. The molecule has 2 spiro atoms. The van der Waals surface area contributed by atoms with Gasteiger partial charge in [0.1, 0.15) is 5.60 Å². The van der Waals surface area contributed by atoms with Crippen LogP contribution in [-0.4, -0.2) is 29.1 Å². The molecule has 1 saturated carbocycles. The number of carbonyl (C=O) groups excluding carboxylic acids is 2. The molecule has 4 rings (SSSR count). The van der Waals surface area contributed by atoms with Crippen molar-refractivity contribution in [1.29, 1.82) is 0 Å². The Hall–Kier alpha value is -1.26. The van der Waals surface area contributed by atoms with Crippen LogP contribution in [0.15, 0.2) is 24.3 Å². The number of ketones is 2. The predicted octanol–water partition coefficient (Wildman–Crippen LogP) is 1.70. The van der Waals surface area contributed by atoms with E-state index in [1.54, 1.807) is 12.2 Å². The molecule has 2 heterocycles. The molecule has 4 heteroatoms. The lowest BCUT2D eigenvalue weighted by Crippen LogP contribution is -2.58. The molecule has 4 nitrogen and oxygen atoms in total. The Morgan fingerprint density at radius 1 is 1.16 bits per heavy atom. The van der Waals surface area contributed by atoms with Gasteiger partial charge in [-0.2, -0.15) is 0 Å². The summed E-state index contributed by atoms with van der Waals surface area (Å²) >= 11 is 0. The molecule has 3 fully saturated rings. The zero-order valence-corrected chi connectivity index (χ0v) is 10.8. The Labute approximate surface area is 111 Å². The van der Waals surface area contributed by atoms with E-state index in [2.05, 4.69) is 0 Å². The highest BCUT2D eigenvalue weighted by Gasteiger charge is 2.75. The van der Waals surface area contributed by atoms with E-state index >= 15 is 0 Å². The van der Waals surface area contributed by atoms with Crippen molar-refractivity contribution in [2.45, 2.75) is 50.1 Å². The summed E-state index contributed by atoms with van der Waals surface area (Å²) in [5.41, 5.74) is -1.38. The van der Waals surface area contributed by atoms with E-state index in [0.717, 1.165) is 25.7 Å². The van der Waals surface area contributed by atoms with Crippen LogP contribution in [0.3, 0.4) is 0 Å². The van der Waals surface area contributed by atoms with Crippen LogP contribution in [0.5, 0.6) is 0 Å². The first-order valence-electron chi connectivity index (χ1n) is 6.86. The van der Waals surface area contributed by atoms with Crippen LogP contribution in [0.4, 0.5) is 0 Å². The number of hydrogen-bond donors (Lipinski definition) is 0. The first kappa shape index (κ1) is 11.6. The quantitative estimate of drug-likeness (QED) is 0.665. The van der Waals surface area contributed by atoms with Crippen molar-refractivity contribution >= 4 is 11.6 Å². The maximum absolute atomic E-state index is 12.7. The van der Waals surface area contributed by atoms with E-state index in [4.69, 9.17) is 9.47 Å². The monoisotopic (exact) mass is 260 g/mol. The number of ether oxygens (including phenoxy) is 2. The van der Waals surface area contributed by atoms with Crippen molar-refractivity contribution in [2.75, 3.05) is 0 Å². The molecule has 0 aromatic heterocycles. The molecule has 3 atom stereocenters. The Balaban J connectivity index is 1.81. The van der Waals surface area contributed by atoms with Crippen LogP contribution < -0.4 is 0 Å². The molecule has 2 aliphatic carbocycles. The van der Waals surface area contributed by atoms with E-state index < -0.39 is 22.9 Å². The summed E-state index contributed by atoms with van der Waals surface area (Å²) in [4.78, 5) is 24.0. The van der Waals surface area contributed by atoms with E-state index in [9.17, 15) is 9.59 Å². The molecule has 0 N–H and O–H groups in total. The lowest BCUT2D eigenvalue weighted by Gasteiger charge is -2.47. The van der Waals surface area contributed by atoms with Crippen molar-refractivity contribution in [2.24, 2.45) is 5.41 Å². The summed E-state index contributed by atoms with van der Waals surface area (Å²) in [6, 6.07) is 0. The Morgan fingerprint density at radius 2 is 1.84 bits per heavy atom. The van der Waals surface area contributed by atoms with Crippen molar-refractivity contribution in [3.8, 4) is 0 Å². The first-order valence-corrected chi connectivity index (χ1v) is 6.86. The largest absolute Gasteiger partial charge is 0.334 e. The number of rotatable bonds is 0. The highest BCUT2D eigenvalue weighted by atomic mass is 16.8. The molecule has 100 valence electrons. The van der Waals surface area contributed by atoms with Crippen LogP contribution in [0.25, 0.3) is 0 Å². The molecule has 2 bridgehead atoms. The second-order valence-electron chi connectivity index (χ2n) is 6.18. The van der Waals surface area contributed by atoms with E-state index in [1.165, 1.54) is 12.2 Å². The van der Waals surface area contributed by atoms with Crippen LogP contribution in [-0.2, 0) is 19.1 Å². The molecule has 0 amide bonds. The van der Waals surface area contributed by atoms with Gasteiger partial charge in [0.15, 0.2) is 23.5 Å². The van der Waals surface area contributed by atoms with Gasteiger partial charge in [0.2, 0.25) is 0 Å². The smallest absolute Gasteiger partial charge is 0.183 e. The lowest BCUT2D eigenvalue weighted by atomic mass is 9.65. The molecule has 4 aliphatic rings. The Bertz CT molecular complexity index is 530. The van der Waals surface area contributed by atoms with E-state index in [-0.39, 0.29) is 11.6 Å². The molecule has 19 heavy (non-hydrogen) atoms. The minimum Gasteiger partial charge on any atom is -0.334 e. The van der Waals surface area contributed by atoms with Gasteiger partial charge in [-0.05, 0) is 44.1 Å². The van der Waals surface area contributed by atoms with Crippen LogP contribution >= 0.6 is 0 Å². The average molecular weight is 260 g/mol. The summed E-state index contributed by atoms with van der Waals surface area (Å²) in [7, 11) is 0. The van der Waals surface area contributed by atoms with Gasteiger partial charge < -0.3 is 9.47 Å². The molecule has 0 radical (unpaired) electrons. The lowest BCUT2D eigenvalue weighted by molar-refractivity contribution is -0.238. The van der Waals surface area contributed by atoms with Crippen LogP contribution in [0, 0.1) is 5.41 Å². The number of hydrogen-bond acceptors (Lipinski definition) is 4. The average Bonchev–Trinajstić information content (AvgIpc) is 2.83. The summed E-state index contributed by atoms with van der Waals surface area (Å²) in [6.45, 7) is 1.96. The van der Waals surface area contributed by atoms with Crippen LogP contribution in [0.2, 0.25) is 0 Å². The summed E-state index contributed by atoms with van der Waals surface area (Å²) in [5, 5.41) is 0. The second-order valence-corrected chi connectivity index (χ2v) is 6.18. The molecule has 2 saturated heterocycles. The van der Waals surface area contributed by atoms with Gasteiger partial charge in [0, 0.05) is 6.42 Å². The van der Waals surface area contributed by atoms with E-state index in [0.29, 0.717) is 0 Å². The van der Waals surface area contributed by atoms with Gasteiger partial charge in [0.05, 0.1) is 5.41 Å². The zero-order valence-electron chi connectivity index (χ0n) is 10.8. The Kier molecular flexibility index (Phi) is 1.97. The van der Waals surface area contributed by atoms with Crippen molar-refractivity contribution in [3.63, 3.8) is 0 Å². The van der Waals surface area contributed by atoms with Gasteiger partial charge in [0.25, 0.3) is 0 Å². The van der Waals surface area contributed by atoms with Crippen molar-refractivity contribution in [3.05, 3.63) is 24.3 Å². The van der Waals surface area contributed by atoms with E-state index in [1.807, 2.05) is 6.92 Å². The van der Waals surface area contributed by atoms with Gasteiger partial charge in [-0.3, -0.25) is 9.59 Å². The predicted molar refractivity (Wildman–Crippen MR) is 66.3 cm³/mol. The number of carbonyl (C=O) groups is 2. The minimum absolute atomic E-state index is 0.0756. The normalized spacial score (nSPS) is 46.1. The topological polar surface area (TPSA) is 52.6 Å². The summed E-state index contributed by atoms with van der Waals surface area (Å²) in [5.74, 6) is -0.738. The van der Waals surface area contributed by atoms with Crippen molar-refractivity contribution < 1.29 is 19.1 Å². The third-order valence-corrected chi connectivity index (χ3v) is 5.13. The first-order chi connectivity index (χ1) is 9.02. The molecule has 0 unspecified atom stereocenters. The molecule has 0 aromatic carbocycles. The fraction of sp³-hybridized carbons (Fsp3) is 0.600. The van der Waals surface area contributed by atoms with Gasteiger partial charge in [-0.15, -0.1) is 0 Å². The minimum atomic E-state index is -0.859. The zero-order chi connectivity index (χ0) is 13.3. The standard InChI is InChI=1S/C15H16O4/c1-13-6-2-3-7-15(13)18-12(11(13)17)14(19-15)8-4-10(16)5-9-14/h4-5,8-9,12H,2-3,6-7H2,1H3/t12-,13+,15-/m0/s1. The maximum atomic E-state index is 12.7. The van der Waals surface area contributed by atoms with Gasteiger partial charge >= 0.3 is 0 Å². The number of Topliss-reactive ketones (excluding diaryl/α,β-unsaturated/α-hetero) is 1. The van der Waals surface area contributed by atoms with Crippen molar-refractivity contribution in [1.82, 2.24) is 0 Å². The Morgan fingerprint density at radius 3 is 2.58 bits per heavy atom. The summed E-state index contributed by atoms with van der Waals surface area (Å²) < 4.78 is 12.3. The van der Waals surface area contributed by atoms with Crippen LogP contribution in [0.1, 0.15) is 32.6 Å². The van der Waals surface area contributed by atoms with Gasteiger partial charge in [-0.1, -0.05) is 6.42 Å². The SMILES string of the molecule is C[C@]12CCCC[C@@]13O[C@@H](C2=O)C1(C=CC(=O)C=C1)O3. The fourth-order valence-electron chi connectivity index (χ4n) is 3.94. The number of fused-ring (bicyclic) bond motifs is 2.